The normalized spacial score (nSPS) is 13.1. The van der Waals surface area contributed by atoms with Crippen molar-refractivity contribution >= 4 is 29.5 Å². The molecule has 0 aromatic heterocycles. The molecule has 0 aliphatic rings. The van der Waals surface area contributed by atoms with Crippen LogP contribution in [0.2, 0.25) is 5.02 Å². The highest BCUT2D eigenvalue weighted by atomic mass is 35.5. The summed E-state index contributed by atoms with van der Waals surface area (Å²) in [4.78, 5) is 35.8. The van der Waals surface area contributed by atoms with Crippen LogP contribution in [0, 0.1) is 5.92 Å². The highest BCUT2D eigenvalue weighted by Gasteiger charge is 2.31. The largest absolute Gasteiger partial charge is 0.481 e. The molecule has 120 valence electrons. The van der Waals surface area contributed by atoms with Crippen molar-refractivity contribution in [1.29, 1.82) is 0 Å². The number of hydrogen-bond donors (Lipinski definition) is 2. The molecule has 0 bridgehead atoms. The molecule has 1 aromatic rings. The van der Waals surface area contributed by atoms with E-state index in [2.05, 4.69) is 5.32 Å². The minimum absolute atomic E-state index is 0.216. The summed E-state index contributed by atoms with van der Waals surface area (Å²) >= 11 is 5.78. The van der Waals surface area contributed by atoms with E-state index in [1.165, 1.54) is 20.8 Å². The Bertz CT molecular complexity index is 559. The predicted octanol–water partition coefficient (Wildman–Crippen LogP) is 2.51. The number of imide groups is 1. The van der Waals surface area contributed by atoms with E-state index >= 15 is 0 Å². The molecule has 0 saturated heterocycles. The average Bonchev–Trinajstić information content (AvgIpc) is 2.45. The predicted molar refractivity (Wildman–Crippen MR) is 82.5 cm³/mol. The maximum atomic E-state index is 12.2. The zero-order valence-electron chi connectivity index (χ0n) is 12.7. The second kappa shape index (κ2) is 7.79. The molecule has 6 nitrogen and oxygen atoms in total. The lowest BCUT2D eigenvalue weighted by atomic mass is 10.0. The number of amides is 3. The van der Waals surface area contributed by atoms with Gasteiger partial charge in [-0.05, 0) is 31.5 Å². The summed E-state index contributed by atoms with van der Waals surface area (Å²) in [7, 11) is 0. The highest BCUT2D eigenvalue weighted by Crippen LogP contribution is 2.13. The standard InChI is InChI=1S/C15H19ClN2O4/c1-9(14(20)21)10(2)18(11(3)19)15(22)17-8-12-4-6-13(16)7-5-12/h4-7,9-10H,8H2,1-3H3,(H,17,22)(H,20,21)/t9-,10+/m1/s1. The number of halogens is 1. The minimum Gasteiger partial charge on any atom is -0.481 e. The molecule has 3 amide bonds. The van der Waals surface area contributed by atoms with Crippen LogP contribution in [0.1, 0.15) is 26.3 Å². The van der Waals surface area contributed by atoms with Crippen molar-refractivity contribution in [1.82, 2.24) is 10.2 Å². The minimum atomic E-state index is -1.07. The maximum Gasteiger partial charge on any atom is 0.324 e. The van der Waals surface area contributed by atoms with E-state index in [0.29, 0.717) is 5.02 Å². The Labute approximate surface area is 134 Å². The molecule has 0 heterocycles. The number of hydrogen-bond acceptors (Lipinski definition) is 3. The number of nitrogens with zero attached hydrogens (tertiary/aromatic N) is 1. The third kappa shape index (κ3) is 4.73. The Hall–Kier alpha value is -2.08. The van der Waals surface area contributed by atoms with Gasteiger partial charge in [-0.15, -0.1) is 0 Å². The van der Waals surface area contributed by atoms with Gasteiger partial charge >= 0.3 is 12.0 Å². The van der Waals surface area contributed by atoms with E-state index in [1.807, 2.05) is 0 Å². The number of nitrogens with one attached hydrogen (secondary N) is 1. The van der Waals surface area contributed by atoms with E-state index in [0.717, 1.165) is 10.5 Å². The van der Waals surface area contributed by atoms with Crippen molar-refractivity contribution in [3.8, 4) is 0 Å². The Morgan fingerprint density at radius 3 is 2.23 bits per heavy atom. The van der Waals surface area contributed by atoms with Gasteiger partial charge < -0.3 is 10.4 Å². The van der Waals surface area contributed by atoms with Gasteiger partial charge in [0, 0.05) is 18.5 Å². The average molecular weight is 327 g/mol. The topological polar surface area (TPSA) is 86.7 Å². The van der Waals surface area contributed by atoms with Gasteiger partial charge in [0.2, 0.25) is 5.91 Å². The first-order chi connectivity index (χ1) is 10.2. The Balaban J connectivity index is 2.75. The summed E-state index contributed by atoms with van der Waals surface area (Å²) in [6.07, 6.45) is 0. The van der Waals surface area contributed by atoms with Crippen LogP contribution in [-0.4, -0.2) is 34.0 Å². The quantitative estimate of drug-likeness (QED) is 0.870. The summed E-state index contributed by atoms with van der Waals surface area (Å²) < 4.78 is 0. The number of benzene rings is 1. The van der Waals surface area contributed by atoms with Gasteiger partial charge in [-0.2, -0.15) is 0 Å². The third-order valence-electron chi connectivity index (χ3n) is 3.44. The number of rotatable bonds is 5. The van der Waals surface area contributed by atoms with Crippen molar-refractivity contribution in [3.05, 3.63) is 34.9 Å². The van der Waals surface area contributed by atoms with Gasteiger partial charge in [0.1, 0.15) is 0 Å². The van der Waals surface area contributed by atoms with Crippen LogP contribution in [0.25, 0.3) is 0 Å². The SMILES string of the molecule is CC(=O)N(C(=O)NCc1ccc(Cl)cc1)[C@@H](C)[C@@H](C)C(=O)O. The molecular weight excluding hydrogens is 308 g/mol. The monoisotopic (exact) mass is 326 g/mol. The Morgan fingerprint density at radius 2 is 1.77 bits per heavy atom. The van der Waals surface area contributed by atoms with Crippen molar-refractivity contribution in [2.24, 2.45) is 5.92 Å². The molecule has 7 heteroatoms. The fourth-order valence-electron chi connectivity index (χ4n) is 1.91. The Kier molecular flexibility index (Phi) is 6.37. The fourth-order valence-corrected chi connectivity index (χ4v) is 2.04. The van der Waals surface area contributed by atoms with Crippen molar-refractivity contribution in [2.75, 3.05) is 0 Å². The van der Waals surface area contributed by atoms with Crippen LogP contribution in [-0.2, 0) is 16.1 Å². The van der Waals surface area contributed by atoms with E-state index in [-0.39, 0.29) is 6.54 Å². The molecule has 0 aliphatic heterocycles. The fraction of sp³-hybridized carbons (Fsp3) is 0.400. The molecule has 22 heavy (non-hydrogen) atoms. The first-order valence-electron chi connectivity index (χ1n) is 6.79. The number of urea groups is 1. The second-order valence-electron chi connectivity index (χ2n) is 5.04. The lowest BCUT2D eigenvalue weighted by molar-refractivity contribution is -0.143. The molecule has 0 radical (unpaired) electrons. The van der Waals surface area contributed by atoms with Crippen LogP contribution in [0.5, 0.6) is 0 Å². The second-order valence-corrected chi connectivity index (χ2v) is 5.48. The molecule has 0 aliphatic carbocycles. The summed E-state index contributed by atoms with van der Waals surface area (Å²) in [6, 6.07) is 5.53. The van der Waals surface area contributed by atoms with E-state index in [4.69, 9.17) is 16.7 Å². The van der Waals surface area contributed by atoms with E-state index < -0.39 is 29.9 Å². The third-order valence-corrected chi connectivity index (χ3v) is 3.69. The van der Waals surface area contributed by atoms with E-state index in [1.54, 1.807) is 24.3 Å². The van der Waals surface area contributed by atoms with Crippen LogP contribution in [0.4, 0.5) is 4.79 Å². The van der Waals surface area contributed by atoms with Crippen molar-refractivity contribution in [3.63, 3.8) is 0 Å². The molecular formula is C15H19ClN2O4. The number of aliphatic carboxylic acids is 1. The van der Waals surface area contributed by atoms with Gasteiger partial charge in [-0.25, -0.2) is 4.79 Å². The lowest BCUT2D eigenvalue weighted by Gasteiger charge is -2.29. The van der Waals surface area contributed by atoms with Crippen LogP contribution in [0.3, 0.4) is 0 Å². The molecule has 2 N–H and O–H groups in total. The molecule has 0 unspecified atom stereocenters. The zero-order valence-corrected chi connectivity index (χ0v) is 13.4. The van der Waals surface area contributed by atoms with E-state index in [9.17, 15) is 14.4 Å². The number of carboxylic acid groups (broad SMARTS) is 1. The van der Waals surface area contributed by atoms with Gasteiger partial charge in [-0.1, -0.05) is 23.7 Å². The highest BCUT2D eigenvalue weighted by molar-refractivity contribution is 6.30. The number of carboxylic acids is 1. The van der Waals surface area contributed by atoms with Crippen LogP contribution >= 0.6 is 11.6 Å². The number of carbonyl (C=O) groups is 3. The van der Waals surface area contributed by atoms with Gasteiger partial charge in [0.25, 0.3) is 0 Å². The smallest absolute Gasteiger partial charge is 0.324 e. The van der Waals surface area contributed by atoms with Gasteiger partial charge in [0.15, 0.2) is 0 Å². The molecule has 0 fully saturated rings. The Morgan fingerprint density at radius 1 is 1.23 bits per heavy atom. The van der Waals surface area contributed by atoms with Crippen molar-refractivity contribution in [2.45, 2.75) is 33.4 Å². The zero-order chi connectivity index (χ0) is 16.9. The van der Waals surface area contributed by atoms with Crippen LogP contribution < -0.4 is 5.32 Å². The number of carbonyl (C=O) groups excluding carboxylic acids is 2. The van der Waals surface area contributed by atoms with Crippen molar-refractivity contribution < 1.29 is 19.5 Å². The summed E-state index contributed by atoms with van der Waals surface area (Å²) in [5.74, 6) is -2.43. The first-order valence-corrected chi connectivity index (χ1v) is 7.16. The summed E-state index contributed by atoms with van der Waals surface area (Å²) in [5, 5.41) is 12.2. The van der Waals surface area contributed by atoms with Gasteiger partial charge in [0.05, 0.1) is 12.0 Å². The molecule has 0 spiro atoms. The maximum absolute atomic E-state index is 12.2. The van der Waals surface area contributed by atoms with Gasteiger partial charge in [-0.3, -0.25) is 14.5 Å². The first kappa shape index (κ1) is 18.0. The molecule has 1 aromatic carbocycles. The van der Waals surface area contributed by atoms with Crippen LogP contribution in [0.15, 0.2) is 24.3 Å². The lowest BCUT2D eigenvalue weighted by Crippen LogP contribution is -2.50. The molecule has 2 atom stereocenters. The summed E-state index contributed by atoms with van der Waals surface area (Å²) in [5.41, 5.74) is 0.820. The molecule has 1 rings (SSSR count). The summed E-state index contributed by atoms with van der Waals surface area (Å²) in [6.45, 7) is 4.43. The molecule has 0 saturated carbocycles.